The van der Waals surface area contributed by atoms with E-state index in [2.05, 4.69) is 11.2 Å². The van der Waals surface area contributed by atoms with Crippen molar-refractivity contribution in [3.05, 3.63) is 82.0 Å². The molecule has 0 spiro atoms. The van der Waals surface area contributed by atoms with Crippen molar-refractivity contribution in [3.63, 3.8) is 0 Å². The molecule has 0 N–H and O–H groups in total. The quantitative estimate of drug-likeness (QED) is 0.545. The van der Waals surface area contributed by atoms with Crippen LogP contribution in [0.15, 0.2) is 60.7 Å². The number of nitro groups is 1. The van der Waals surface area contributed by atoms with E-state index in [-0.39, 0.29) is 10.6 Å². The summed E-state index contributed by atoms with van der Waals surface area (Å²) < 4.78 is 1.85. The Bertz CT molecular complexity index is 793. The Labute approximate surface area is 128 Å². The van der Waals surface area contributed by atoms with Gasteiger partial charge in [-0.3, -0.25) is 14.8 Å². The zero-order valence-electron chi connectivity index (χ0n) is 12.1. The Kier molecular flexibility index (Phi) is 3.70. The molecule has 0 fully saturated rings. The minimum absolute atomic E-state index is 0.110. The molecule has 5 heteroatoms. The van der Waals surface area contributed by atoms with E-state index in [1.807, 2.05) is 42.1 Å². The van der Waals surface area contributed by atoms with E-state index in [1.54, 1.807) is 12.1 Å². The summed E-state index contributed by atoms with van der Waals surface area (Å²) in [6, 6.07) is 18.7. The minimum Gasteiger partial charge on any atom is -0.272 e. The number of aryl methyl sites for hydroxylation is 1. The lowest BCUT2D eigenvalue weighted by molar-refractivity contribution is -0.384. The van der Waals surface area contributed by atoms with Gasteiger partial charge in [0.25, 0.3) is 5.69 Å². The number of hydrogen-bond donors (Lipinski definition) is 0. The van der Waals surface area contributed by atoms with Gasteiger partial charge in [-0.2, -0.15) is 5.10 Å². The van der Waals surface area contributed by atoms with Crippen LogP contribution in [-0.2, 0) is 13.5 Å². The molecule has 0 saturated carbocycles. The van der Waals surface area contributed by atoms with Crippen molar-refractivity contribution < 1.29 is 4.92 Å². The third-order valence-electron chi connectivity index (χ3n) is 3.58. The molecule has 22 heavy (non-hydrogen) atoms. The van der Waals surface area contributed by atoms with E-state index < -0.39 is 0 Å². The van der Waals surface area contributed by atoms with Crippen LogP contribution in [-0.4, -0.2) is 14.7 Å². The molecular formula is C17H15N3O2. The summed E-state index contributed by atoms with van der Waals surface area (Å²) in [7, 11) is 1.91. The second kappa shape index (κ2) is 5.81. The number of nitrogens with zero attached hydrogens (tertiary/aromatic N) is 3. The van der Waals surface area contributed by atoms with Gasteiger partial charge in [-0.15, -0.1) is 0 Å². The van der Waals surface area contributed by atoms with Crippen molar-refractivity contribution in [2.45, 2.75) is 6.42 Å². The first-order chi connectivity index (χ1) is 10.6. The molecule has 0 aliphatic carbocycles. The average molecular weight is 293 g/mol. The Morgan fingerprint density at radius 2 is 1.77 bits per heavy atom. The highest BCUT2D eigenvalue weighted by molar-refractivity contribution is 5.59. The van der Waals surface area contributed by atoms with Crippen LogP contribution in [0.5, 0.6) is 0 Å². The third kappa shape index (κ3) is 2.88. The molecule has 110 valence electrons. The highest BCUT2D eigenvalue weighted by Crippen LogP contribution is 2.21. The zero-order chi connectivity index (χ0) is 15.5. The summed E-state index contributed by atoms with van der Waals surface area (Å²) in [6.07, 6.45) is 0.689. The molecule has 0 aliphatic rings. The van der Waals surface area contributed by atoms with E-state index in [4.69, 9.17) is 0 Å². The summed E-state index contributed by atoms with van der Waals surface area (Å²) in [6.45, 7) is 0. The fourth-order valence-corrected chi connectivity index (χ4v) is 2.37. The first-order valence-electron chi connectivity index (χ1n) is 6.95. The molecule has 0 aliphatic heterocycles. The van der Waals surface area contributed by atoms with Gasteiger partial charge in [0.2, 0.25) is 0 Å². The van der Waals surface area contributed by atoms with Gasteiger partial charge in [-0.05, 0) is 11.6 Å². The topological polar surface area (TPSA) is 61.0 Å². The van der Waals surface area contributed by atoms with Gasteiger partial charge in [0.15, 0.2) is 0 Å². The number of benzene rings is 2. The predicted molar refractivity (Wildman–Crippen MR) is 84.5 cm³/mol. The van der Waals surface area contributed by atoms with Crippen LogP contribution < -0.4 is 0 Å². The minimum atomic E-state index is -0.388. The zero-order valence-corrected chi connectivity index (χ0v) is 12.1. The van der Waals surface area contributed by atoms with Crippen molar-refractivity contribution in [1.29, 1.82) is 0 Å². The first kappa shape index (κ1) is 14.0. The number of nitro benzene ring substituents is 1. The molecule has 1 heterocycles. The fraction of sp³-hybridized carbons (Fsp3) is 0.118. The molecule has 0 unspecified atom stereocenters. The van der Waals surface area contributed by atoms with E-state index in [0.29, 0.717) is 6.42 Å². The Hall–Kier alpha value is -2.95. The van der Waals surface area contributed by atoms with Crippen molar-refractivity contribution in [3.8, 4) is 11.3 Å². The second-order valence-electron chi connectivity index (χ2n) is 5.11. The summed E-state index contributed by atoms with van der Waals surface area (Å²) in [5.74, 6) is 0. The lowest BCUT2D eigenvalue weighted by atomic mass is 10.1. The highest BCUT2D eigenvalue weighted by atomic mass is 16.6. The number of rotatable bonds is 4. The van der Waals surface area contributed by atoms with Gasteiger partial charge >= 0.3 is 0 Å². The van der Waals surface area contributed by atoms with Crippen molar-refractivity contribution in [2.24, 2.45) is 7.05 Å². The first-order valence-corrected chi connectivity index (χ1v) is 6.95. The molecule has 5 nitrogen and oxygen atoms in total. The maximum Gasteiger partial charge on any atom is 0.269 e. The third-order valence-corrected chi connectivity index (χ3v) is 3.58. The average Bonchev–Trinajstić information content (AvgIpc) is 2.90. The molecule has 0 bridgehead atoms. The Morgan fingerprint density at radius 1 is 1.09 bits per heavy atom. The van der Waals surface area contributed by atoms with Crippen molar-refractivity contribution >= 4 is 5.69 Å². The molecule has 3 rings (SSSR count). The summed E-state index contributed by atoms with van der Waals surface area (Å²) >= 11 is 0. The maximum atomic E-state index is 10.7. The number of hydrogen-bond acceptors (Lipinski definition) is 3. The van der Waals surface area contributed by atoms with Crippen LogP contribution >= 0.6 is 0 Å². The lowest BCUT2D eigenvalue weighted by Gasteiger charge is -2.01. The monoisotopic (exact) mass is 293 g/mol. The van der Waals surface area contributed by atoms with E-state index in [0.717, 1.165) is 22.5 Å². The molecule has 0 atom stereocenters. The molecule has 0 saturated heterocycles. The van der Waals surface area contributed by atoms with Crippen molar-refractivity contribution in [2.75, 3.05) is 0 Å². The van der Waals surface area contributed by atoms with E-state index in [1.165, 1.54) is 12.1 Å². The van der Waals surface area contributed by atoms with Crippen molar-refractivity contribution in [1.82, 2.24) is 9.78 Å². The largest absolute Gasteiger partial charge is 0.272 e. The molecular weight excluding hydrogens is 278 g/mol. The summed E-state index contributed by atoms with van der Waals surface area (Å²) in [5, 5.41) is 15.2. The van der Waals surface area contributed by atoms with E-state index in [9.17, 15) is 10.1 Å². The van der Waals surface area contributed by atoms with Crippen LogP contribution in [0.25, 0.3) is 11.3 Å². The van der Waals surface area contributed by atoms with E-state index >= 15 is 0 Å². The number of aromatic nitrogens is 2. The van der Waals surface area contributed by atoms with Gasteiger partial charge < -0.3 is 0 Å². The van der Waals surface area contributed by atoms with Crippen LogP contribution in [0.4, 0.5) is 5.69 Å². The molecule has 1 aromatic heterocycles. The summed E-state index contributed by atoms with van der Waals surface area (Å²) in [5.41, 5.74) is 4.20. The lowest BCUT2D eigenvalue weighted by Crippen LogP contribution is -1.99. The smallest absolute Gasteiger partial charge is 0.269 e. The fourth-order valence-electron chi connectivity index (χ4n) is 2.37. The Morgan fingerprint density at radius 3 is 2.41 bits per heavy atom. The van der Waals surface area contributed by atoms with Crippen LogP contribution in [0, 0.1) is 10.1 Å². The predicted octanol–water partition coefficient (Wildman–Crippen LogP) is 3.59. The number of non-ortho nitro benzene ring substituents is 1. The summed E-state index contributed by atoms with van der Waals surface area (Å²) in [4.78, 5) is 10.3. The molecule has 0 amide bonds. The molecule has 3 aromatic rings. The van der Waals surface area contributed by atoms with Gasteiger partial charge in [0.1, 0.15) is 0 Å². The normalized spacial score (nSPS) is 10.6. The maximum absolute atomic E-state index is 10.7. The van der Waals surface area contributed by atoms with Crippen LogP contribution in [0.1, 0.15) is 11.3 Å². The van der Waals surface area contributed by atoms with Gasteiger partial charge in [0.05, 0.1) is 10.6 Å². The van der Waals surface area contributed by atoms with Gasteiger partial charge in [0, 0.05) is 36.9 Å². The highest BCUT2D eigenvalue weighted by Gasteiger charge is 2.09. The van der Waals surface area contributed by atoms with Gasteiger partial charge in [-0.25, -0.2) is 0 Å². The van der Waals surface area contributed by atoms with Crippen LogP contribution in [0.3, 0.4) is 0 Å². The van der Waals surface area contributed by atoms with Crippen LogP contribution in [0.2, 0.25) is 0 Å². The van der Waals surface area contributed by atoms with Gasteiger partial charge in [-0.1, -0.05) is 42.5 Å². The SMILES string of the molecule is Cn1nc(-c2ccccc2)cc1Cc1ccc([N+](=O)[O-])cc1. The molecule has 0 radical (unpaired) electrons. The standard InChI is InChI=1S/C17H15N3O2/c1-19-16(11-13-7-9-15(10-8-13)20(21)22)12-17(18-19)14-5-3-2-4-6-14/h2-10,12H,11H2,1H3. The second-order valence-corrected chi connectivity index (χ2v) is 5.11. The molecule has 2 aromatic carbocycles. The Balaban J connectivity index is 1.84.